The molecule has 114 valence electrons. The van der Waals surface area contributed by atoms with Gasteiger partial charge in [-0.2, -0.15) is 0 Å². The predicted molar refractivity (Wildman–Crippen MR) is 75.3 cm³/mol. The van der Waals surface area contributed by atoms with Crippen molar-refractivity contribution in [1.29, 1.82) is 0 Å². The lowest BCUT2D eigenvalue weighted by Gasteiger charge is -2.17. The highest BCUT2D eigenvalue weighted by molar-refractivity contribution is 5.94. The number of carboxylic acids is 1. The van der Waals surface area contributed by atoms with E-state index in [0.29, 0.717) is 6.54 Å². The van der Waals surface area contributed by atoms with Crippen LogP contribution >= 0.6 is 0 Å². The number of urea groups is 1. The van der Waals surface area contributed by atoms with Crippen molar-refractivity contribution < 1.29 is 19.5 Å². The molecule has 1 heterocycles. The molecule has 3 amide bonds. The molecule has 0 spiro atoms. The van der Waals surface area contributed by atoms with Gasteiger partial charge < -0.3 is 10.0 Å². The monoisotopic (exact) mass is 293 g/mol. The molecule has 0 aromatic carbocycles. The second-order valence-corrected chi connectivity index (χ2v) is 4.98. The number of imide groups is 1. The van der Waals surface area contributed by atoms with Crippen molar-refractivity contribution in [2.24, 2.45) is 5.92 Å². The van der Waals surface area contributed by atoms with Crippen molar-refractivity contribution >= 4 is 17.9 Å². The molecule has 7 heteroatoms. The molecule has 0 aliphatic rings. The van der Waals surface area contributed by atoms with E-state index in [4.69, 9.17) is 5.11 Å². The molecular weight excluding hydrogens is 274 g/mol. The number of rotatable bonds is 6. The fraction of sp³-hybridized carbons (Fsp3) is 0.429. The van der Waals surface area contributed by atoms with Crippen LogP contribution in [0.3, 0.4) is 0 Å². The lowest BCUT2D eigenvalue weighted by Crippen LogP contribution is -2.40. The molecule has 21 heavy (non-hydrogen) atoms. The van der Waals surface area contributed by atoms with Gasteiger partial charge in [0, 0.05) is 38.8 Å². The number of aromatic nitrogens is 1. The number of amides is 3. The first-order valence-electron chi connectivity index (χ1n) is 6.54. The average molecular weight is 293 g/mol. The van der Waals surface area contributed by atoms with Crippen LogP contribution in [-0.4, -0.2) is 39.9 Å². The SMILES string of the molecule is CC(CC(=O)O)CC(=O)NC(=O)N(C)Cc1cccnc1. The quantitative estimate of drug-likeness (QED) is 0.822. The Bertz CT molecular complexity index is 504. The second-order valence-electron chi connectivity index (χ2n) is 4.98. The van der Waals surface area contributed by atoms with E-state index in [1.807, 2.05) is 6.07 Å². The third kappa shape index (κ3) is 6.51. The third-order valence-corrected chi connectivity index (χ3v) is 2.79. The Morgan fingerprint density at radius 1 is 1.38 bits per heavy atom. The Balaban J connectivity index is 2.41. The maximum absolute atomic E-state index is 11.8. The second kappa shape index (κ2) is 7.98. The van der Waals surface area contributed by atoms with Crippen LogP contribution in [-0.2, 0) is 16.1 Å². The molecule has 7 nitrogen and oxygen atoms in total. The Morgan fingerprint density at radius 3 is 2.67 bits per heavy atom. The van der Waals surface area contributed by atoms with Crippen molar-refractivity contribution in [2.45, 2.75) is 26.3 Å². The van der Waals surface area contributed by atoms with Crippen LogP contribution in [0.4, 0.5) is 4.79 Å². The maximum atomic E-state index is 11.8. The van der Waals surface area contributed by atoms with Gasteiger partial charge in [0.1, 0.15) is 0 Å². The van der Waals surface area contributed by atoms with Crippen LogP contribution in [0.15, 0.2) is 24.5 Å². The molecule has 0 saturated carbocycles. The van der Waals surface area contributed by atoms with Gasteiger partial charge in [-0.05, 0) is 17.5 Å². The number of nitrogens with zero attached hydrogens (tertiary/aromatic N) is 2. The summed E-state index contributed by atoms with van der Waals surface area (Å²) in [6.45, 7) is 1.98. The topological polar surface area (TPSA) is 99.6 Å². The highest BCUT2D eigenvalue weighted by atomic mass is 16.4. The number of pyridine rings is 1. The van der Waals surface area contributed by atoms with Crippen molar-refractivity contribution in [3.8, 4) is 0 Å². The number of nitrogens with one attached hydrogen (secondary N) is 1. The fourth-order valence-corrected chi connectivity index (χ4v) is 1.79. The van der Waals surface area contributed by atoms with Gasteiger partial charge in [0.2, 0.25) is 5.91 Å². The normalized spacial score (nSPS) is 11.5. The first kappa shape index (κ1) is 16.6. The van der Waals surface area contributed by atoms with Crippen molar-refractivity contribution in [2.75, 3.05) is 7.05 Å². The van der Waals surface area contributed by atoms with Crippen LogP contribution in [0.2, 0.25) is 0 Å². The van der Waals surface area contributed by atoms with E-state index in [1.54, 1.807) is 32.4 Å². The molecule has 0 saturated heterocycles. The fourth-order valence-electron chi connectivity index (χ4n) is 1.79. The van der Waals surface area contributed by atoms with Gasteiger partial charge in [-0.1, -0.05) is 13.0 Å². The van der Waals surface area contributed by atoms with E-state index >= 15 is 0 Å². The first-order chi connectivity index (χ1) is 9.88. The molecular formula is C14H19N3O4. The van der Waals surface area contributed by atoms with E-state index in [0.717, 1.165) is 5.56 Å². The molecule has 0 aliphatic carbocycles. The number of aliphatic carboxylic acids is 1. The molecule has 1 unspecified atom stereocenters. The van der Waals surface area contributed by atoms with Crippen LogP contribution in [0.1, 0.15) is 25.3 Å². The Kier molecular flexibility index (Phi) is 6.32. The predicted octanol–water partition coefficient (Wildman–Crippen LogP) is 1.25. The number of hydrogen-bond acceptors (Lipinski definition) is 4. The summed E-state index contributed by atoms with van der Waals surface area (Å²) in [5.74, 6) is -1.76. The summed E-state index contributed by atoms with van der Waals surface area (Å²) in [7, 11) is 1.57. The minimum absolute atomic E-state index is 0.00122. The number of carboxylic acid groups (broad SMARTS) is 1. The maximum Gasteiger partial charge on any atom is 0.324 e. The Morgan fingerprint density at radius 2 is 2.10 bits per heavy atom. The summed E-state index contributed by atoms with van der Waals surface area (Å²) in [6.07, 6.45) is 3.17. The number of carbonyl (C=O) groups excluding carboxylic acids is 2. The first-order valence-corrected chi connectivity index (χ1v) is 6.54. The third-order valence-electron chi connectivity index (χ3n) is 2.79. The van der Waals surface area contributed by atoms with E-state index < -0.39 is 17.9 Å². The molecule has 1 aromatic heterocycles. The van der Waals surface area contributed by atoms with Crippen molar-refractivity contribution in [3.05, 3.63) is 30.1 Å². The standard InChI is InChI=1S/C14H19N3O4/c1-10(7-13(19)20)6-12(18)16-14(21)17(2)9-11-4-3-5-15-8-11/h3-5,8,10H,6-7,9H2,1-2H3,(H,19,20)(H,16,18,21). The summed E-state index contributed by atoms with van der Waals surface area (Å²) >= 11 is 0. The highest BCUT2D eigenvalue weighted by Crippen LogP contribution is 2.07. The molecule has 0 bridgehead atoms. The van der Waals surface area contributed by atoms with Gasteiger partial charge in [0.05, 0.1) is 0 Å². The average Bonchev–Trinajstić information content (AvgIpc) is 2.38. The zero-order valence-electron chi connectivity index (χ0n) is 12.1. The van der Waals surface area contributed by atoms with Crippen molar-refractivity contribution in [3.63, 3.8) is 0 Å². The van der Waals surface area contributed by atoms with Gasteiger partial charge in [-0.3, -0.25) is 19.9 Å². The summed E-state index contributed by atoms with van der Waals surface area (Å²) < 4.78 is 0. The molecule has 1 aromatic rings. The zero-order valence-corrected chi connectivity index (χ0v) is 12.1. The zero-order chi connectivity index (χ0) is 15.8. The van der Waals surface area contributed by atoms with Gasteiger partial charge in [0.25, 0.3) is 0 Å². The lowest BCUT2D eigenvalue weighted by molar-refractivity contribution is -0.138. The van der Waals surface area contributed by atoms with Crippen molar-refractivity contribution in [1.82, 2.24) is 15.2 Å². The van der Waals surface area contributed by atoms with Gasteiger partial charge in [-0.25, -0.2) is 4.79 Å². The molecule has 0 radical (unpaired) electrons. The largest absolute Gasteiger partial charge is 0.481 e. The molecule has 1 atom stereocenters. The van der Waals surface area contributed by atoms with E-state index in [2.05, 4.69) is 10.3 Å². The van der Waals surface area contributed by atoms with E-state index in [-0.39, 0.29) is 18.8 Å². The van der Waals surface area contributed by atoms with Crippen LogP contribution < -0.4 is 5.32 Å². The molecule has 0 fully saturated rings. The highest BCUT2D eigenvalue weighted by Gasteiger charge is 2.16. The smallest absolute Gasteiger partial charge is 0.324 e. The Labute approximate surface area is 123 Å². The van der Waals surface area contributed by atoms with Crippen LogP contribution in [0.25, 0.3) is 0 Å². The summed E-state index contributed by atoms with van der Waals surface area (Å²) in [5, 5.41) is 10.9. The minimum Gasteiger partial charge on any atom is -0.481 e. The summed E-state index contributed by atoms with van der Waals surface area (Å²) in [5.41, 5.74) is 0.849. The van der Waals surface area contributed by atoms with Gasteiger partial charge >= 0.3 is 12.0 Å². The van der Waals surface area contributed by atoms with E-state index in [9.17, 15) is 14.4 Å². The minimum atomic E-state index is -0.963. The Hall–Kier alpha value is -2.44. The number of carbonyl (C=O) groups is 3. The van der Waals surface area contributed by atoms with Crippen LogP contribution in [0.5, 0.6) is 0 Å². The van der Waals surface area contributed by atoms with Crippen LogP contribution in [0, 0.1) is 5.92 Å². The molecule has 2 N–H and O–H groups in total. The lowest BCUT2D eigenvalue weighted by atomic mass is 10.0. The summed E-state index contributed by atoms with van der Waals surface area (Å²) in [6, 6.07) is 3.07. The van der Waals surface area contributed by atoms with Gasteiger partial charge in [-0.15, -0.1) is 0 Å². The summed E-state index contributed by atoms with van der Waals surface area (Å²) in [4.78, 5) is 39.3. The number of hydrogen-bond donors (Lipinski definition) is 2. The van der Waals surface area contributed by atoms with Gasteiger partial charge in [0.15, 0.2) is 0 Å². The molecule has 0 aliphatic heterocycles. The van der Waals surface area contributed by atoms with E-state index in [1.165, 1.54) is 4.90 Å². The molecule has 1 rings (SSSR count).